The van der Waals surface area contributed by atoms with Gasteiger partial charge in [-0.2, -0.15) is 49.6 Å². The van der Waals surface area contributed by atoms with Crippen LogP contribution in [0.2, 0.25) is 5.02 Å². The van der Waals surface area contributed by atoms with Crippen LogP contribution in [0.1, 0.15) is 66.1 Å². The lowest BCUT2D eigenvalue weighted by molar-refractivity contribution is -0.143. The Morgan fingerprint density at radius 1 is 0.977 bits per heavy atom. The molecule has 4 atom stereocenters. The third-order valence-electron chi connectivity index (χ3n) is 13.9. The quantitative estimate of drug-likeness (QED) is 0.0316. The number of rotatable bonds is 18. The number of pyridine rings is 1. The molecule has 4 heterocycles. The predicted molar refractivity (Wildman–Crippen MR) is 280 cm³/mol. The number of alkyl halides is 8. The number of carboxylic acid groups (broad SMARTS) is 1. The van der Waals surface area contributed by atoms with Gasteiger partial charge in [-0.05, 0) is 74.4 Å². The molecule has 1 aliphatic heterocycles. The Hall–Kier alpha value is -7.13. The summed E-state index contributed by atoms with van der Waals surface area (Å²) in [7, 11) is -14.4. The number of morpholine rings is 1. The molecule has 4 N–H and O–H groups in total. The molecule has 1 saturated carbocycles. The molecule has 1 saturated heterocycles. The summed E-state index contributed by atoms with van der Waals surface area (Å²) in [5.41, 5.74) is -6.70. The zero-order valence-corrected chi connectivity index (χ0v) is 48.4. The fourth-order valence-corrected chi connectivity index (χ4v) is 11.3. The molecule has 3 aliphatic rings. The highest BCUT2D eigenvalue weighted by molar-refractivity contribution is 7.93. The van der Waals surface area contributed by atoms with Crippen LogP contribution < -0.4 is 9.62 Å². The van der Waals surface area contributed by atoms with Crippen LogP contribution in [0.5, 0.6) is 0 Å². The topological polar surface area (TPSA) is 312 Å². The monoisotopic (exact) mass is 1320 g/mol. The second kappa shape index (κ2) is 23.8. The maximum Gasteiger partial charge on any atom is 0.472 e. The first kappa shape index (κ1) is 65.8. The van der Waals surface area contributed by atoms with Crippen molar-refractivity contribution in [1.29, 1.82) is 0 Å². The maximum atomic E-state index is 15.7. The number of amides is 4. The average molecular weight is 1320 g/mol. The van der Waals surface area contributed by atoms with Crippen LogP contribution in [0.4, 0.5) is 59.3 Å². The van der Waals surface area contributed by atoms with Crippen LogP contribution in [-0.2, 0) is 79.6 Å². The molecule has 0 spiro atoms. The summed E-state index contributed by atoms with van der Waals surface area (Å²) in [6.45, 7) is -6.24. The van der Waals surface area contributed by atoms with Gasteiger partial charge in [-0.1, -0.05) is 23.6 Å². The van der Waals surface area contributed by atoms with Gasteiger partial charge in [0.2, 0.25) is 22.7 Å². The molecule has 0 radical (unpaired) electrons. The largest absolute Gasteiger partial charge is 0.480 e. The zero-order chi connectivity index (χ0) is 64.5. The van der Waals surface area contributed by atoms with Crippen molar-refractivity contribution in [3.63, 3.8) is 0 Å². The summed E-state index contributed by atoms with van der Waals surface area (Å²) in [6, 6.07) is 0.996. The number of phosphoric acid groups is 1. The van der Waals surface area contributed by atoms with Gasteiger partial charge in [-0.15, -0.1) is 0 Å². The Labute approximate surface area is 490 Å². The van der Waals surface area contributed by atoms with E-state index in [9.17, 15) is 80.8 Å². The standard InChI is InChI=1S/C49H47ClF10N9O15PS2/c1-46(2,86(3,78)79)10-9-27-5-6-29(39(61-27)34(15-24-13-25(51)16-26(52)14-24)62-35(70)19-67-42-37(41(63-67)49(58,59)60)31-17-32(31)48(42,56)57)30-7-8-33(50)38-40(30)68(22-47(53,54)55)64-43(38)69(87(4,80)81)44(73)66-11-12-82-21-28(66)18-65(20-36(71)72)45(74)83-23-84-85(75,76)77/h5-8,13-14,16,28,31-32,34H,11-12,15,17-23H2,1-4H3,(H,62,70)(H,71,72)(H2,75,76,77)/t28-,31-,32+,34-/m0/s1. The molecule has 2 aromatic carbocycles. The van der Waals surface area contributed by atoms with Crippen molar-refractivity contribution < 1.29 is 113 Å². The van der Waals surface area contributed by atoms with Crippen LogP contribution in [-0.4, -0.2) is 159 Å². The molecular weight excluding hydrogens is 1280 g/mol. The van der Waals surface area contributed by atoms with Crippen molar-refractivity contribution >= 4 is 80.0 Å². The predicted octanol–water partition coefficient (Wildman–Crippen LogP) is 6.47. The number of hydrogen-bond acceptors (Lipinski definition) is 15. The van der Waals surface area contributed by atoms with Crippen molar-refractivity contribution in [2.24, 2.45) is 5.92 Å². The molecule has 5 aromatic rings. The van der Waals surface area contributed by atoms with Crippen LogP contribution in [0.3, 0.4) is 0 Å². The second-order valence-corrected chi connectivity index (χ2v) is 26.7. The number of sulfonamides is 1. The van der Waals surface area contributed by atoms with E-state index in [0.717, 1.165) is 42.7 Å². The summed E-state index contributed by atoms with van der Waals surface area (Å²) in [5.74, 6) is -8.35. The normalized spacial score (nSPS) is 18.1. The fraction of sp³-hybridized carbons (Fsp3) is 0.449. The minimum atomic E-state index is -5.29. The lowest BCUT2D eigenvalue weighted by Crippen LogP contribution is -2.59. The molecule has 472 valence electrons. The van der Waals surface area contributed by atoms with Gasteiger partial charge >= 0.3 is 38.3 Å². The molecular formula is C49H47ClF10N9O15PS2. The van der Waals surface area contributed by atoms with Crippen LogP contribution in [0.15, 0.2) is 42.5 Å². The number of carboxylic acids is 1. The van der Waals surface area contributed by atoms with Gasteiger partial charge in [0.05, 0.1) is 53.2 Å². The second-order valence-electron chi connectivity index (χ2n) is 20.7. The van der Waals surface area contributed by atoms with Gasteiger partial charge < -0.3 is 34.6 Å². The number of sulfone groups is 1. The first-order valence-electron chi connectivity index (χ1n) is 25.1. The van der Waals surface area contributed by atoms with E-state index in [-0.39, 0.29) is 38.0 Å². The lowest BCUT2D eigenvalue weighted by atomic mass is 9.93. The summed E-state index contributed by atoms with van der Waals surface area (Å²) >= 11 is 6.76. The van der Waals surface area contributed by atoms with Crippen LogP contribution in [0.25, 0.3) is 22.0 Å². The number of ether oxygens (including phenoxy) is 2. The van der Waals surface area contributed by atoms with Crippen LogP contribution >= 0.6 is 19.4 Å². The van der Waals surface area contributed by atoms with Gasteiger partial charge in [0.25, 0.3) is 5.92 Å². The molecule has 38 heteroatoms. The lowest BCUT2D eigenvalue weighted by Gasteiger charge is -2.39. The van der Waals surface area contributed by atoms with Crippen molar-refractivity contribution in [2.45, 2.75) is 80.8 Å². The number of nitrogens with one attached hydrogen (secondary N) is 1. The van der Waals surface area contributed by atoms with E-state index in [4.69, 9.17) is 26.1 Å². The molecule has 2 aliphatic carbocycles. The first-order chi connectivity index (χ1) is 40.1. The third-order valence-corrected chi connectivity index (χ3v) is 17.6. The molecule has 2 fully saturated rings. The summed E-state index contributed by atoms with van der Waals surface area (Å²) in [5, 5.41) is 18.0. The first-order valence-corrected chi connectivity index (χ1v) is 30.7. The van der Waals surface area contributed by atoms with Gasteiger partial charge in [0.1, 0.15) is 47.4 Å². The van der Waals surface area contributed by atoms with Gasteiger partial charge in [0, 0.05) is 48.0 Å². The molecule has 4 amide bonds. The number of fused-ring (bicyclic) bond motifs is 4. The van der Waals surface area contributed by atoms with Crippen molar-refractivity contribution in [2.75, 3.05) is 56.5 Å². The van der Waals surface area contributed by atoms with E-state index in [1.165, 1.54) is 13.8 Å². The minimum absolute atomic E-state index is 0.0873. The number of hydrogen-bond donors (Lipinski definition) is 4. The number of carbonyl (C=O) groups is 4. The van der Waals surface area contributed by atoms with Crippen molar-refractivity contribution in [1.82, 2.24) is 39.7 Å². The molecule has 8 rings (SSSR count). The third kappa shape index (κ3) is 14.6. The summed E-state index contributed by atoms with van der Waals surface area (Å²) in [4.78, 5) is 77.7. The number of phosphoric ester groups is 1. The Kier molecular flexibility index (Phi) is 18.0. The SMILES string of the molecule is CC(C)(C#Cc1ccc(-c2ccc(Cl)c3c(N(C(=O)N4CCOC[C@@H]4CN(CC(=O)O)C(=O)OCOP(=O)(O)O)S(C)(=O)=O)nn(CC(F)(F)F)c23)c([C@H](Cc2cc(F)cc(F)c2)NC(=O)Cn2nc(C(F)(F)F)c3c2C(F)(F)[C@@H]2C[C@H]32)n1)S(C)(=O)=O. The van der Waals surface area contributed by atoms with Crippen molar-refractivity contribution in [3.8, 4) is 23.0 Å². The number of anilines is 1. The highest BCUT2D eigenvalue weighted by Crippen LogP contribution is 2.68. The van der Waals surface area contributed by atoms with E-state index in [1.54, 1.807) is 0 Å². The Morgan fingerprint density at radius 3 is 2.23 bits per heavy atom. The number of aliphatic carboxylic acids is 1. The van der Waals surface area contributed by atoms with Crippen molar-refractivity contribution in [3.05, 3.63) is 93.0 Å². The average Bonchev–Trinajstić information content (AvgIpc) is 1.52. The number of benzene rings is 2. The maximum absolute atomic E-state index is 15.7. The number of urea groups is 1. The van der Waals surface area contributed by atoms with Gasteiger partial charge in [0.15, 0.2) is 21.3 Å². The number of nitrogens with zero attached hydrogens (tertiary/aromatic N) is 8. The van der Waals surface area contributed by atoms with E-state index < -0.39 is 218 Å². The van der Waals surface area contributed by atoms with Gasteiger partial charge in [-0.25, -0.2) is 49.3 Å². The van der Waals surface area contributed by atoms with E-state index in [1.807, 2.05) is 0 Å². The molecule has 0 bridgehead atoms. The minimum Gasteiger partial charge on any atom is -0.480 e. The Balaban J connectivity index is 1.31. The van der Waals surface area contributed by atoms with E-state index in [0.29, 0.717) is 22.1 Å². The smallest absolute Gasteiger partial charge is 0.472 e. The Morgan fingerprint density at radius 2 is 1.63 bits per heavy atom. The zero-order valence-electron chi connectivity index (χ0n) is 45.2. The molecule has 0 unspecified atom stereocenters. The molecule has 3 aromatic heterocycles. The number of carbonyl (C=O) groups excluding carboxylic acids is 3. The number of aromatic nitrogens is 5. The Bertz CT molecular complexity index is 3950. The summed E-state index contributed by atoms with van der Waals surface area (Å²) < 4.78 is 226. The fourth-order valence-electron chi connectivity index (χ4n) is 9.82. The van der Waals surface area contributed by atoms with E-state index in [2.05, 4.69) is 41.6 Å². The molecule has 87 heavy (non-hydrogen) atoms. The highest BCUT2D eigenvalue weighted by atomic mass is 35.5. The highest BCUT2D eigenvalue weighted by Gasteiger charge is 2.68. The van der Waals surface area contributed by atoms with E-state index >= 15 is 8.78 Å². The summed E-state index contributed by atoms with van der Waals surface area (Å²) in [6.07, 6.45) is -12.0. The van der Waals surface area contributed by atoms with Crippen LogP contribution in [0, 0.1) is 29.4 Å². The molecule has 24 nitrogen and oxygen atoms in total. The number of halogens is 11. The van der Waals surface area contributed by atoms with Gasteiger partial charge in [-0.3, -0.25) is 23.9 Å².